The summed E-state index contributed by atoms with van der Waals surface area (Å²) in [6, 6.07) is 18.2. The maximum Gasteiger partial charge on any atom is 0.348 e. The molecular formula is C21H24BrNO3. The zero-order valence-corrected chi connectivity index (χ0v) is 16.2. The Kier molecular flexibility index (Phi) is 5.80. The fourth-order valence-corrected chi connectivity index (χ4v) is 4.20. The van der Waals surface area contributed by atoms with E-state index in [9.17, 15) is 9.90 Å². The van der Waals surface area contributed by atoms with Gasteiger partial charge in [0.25, 0.3) is 0 Å². The molecule has 0 spiro atoms. The lowest BCUT2D eigenvalue weighted by Crippen LogP contribution is -3.16. The Labute approximate surface area is 164 Å². The average Bonchev–Trinajstić information content (AvgIpc) is 2.69. The topological polar surface area (TPSA) is 51.0 Å². The highest BCUT2D eigenvalue weighted by molar-refractivity contribution is 5.85. The van der Waals surface area contributed by atoms with Crippen molar-refractivity contribution in [2.75, 3.05) is 19.6 Å². The van der Waals surface area contributed by atoms with Crippen LogP contribution in [0.25, 0.3) is 0 Å². The molecular weight excluding hydrogens is 394 g/mol. The van der Waals surface area contributed by atoms with Gasteiger partial charge in [0.2, 0.25) is 5.60 Å². The normalized spacial score (nSPS) is 24.6. The van der Waals surface area contributed by atoms with Gasteiger partial charge in [-0.05, 0) is 11.1 Å². The summed E-state index contributed by atoms with van der Waals surface area (Å²) in [5.41, 5.74) is -0.691. The van der Waals surface area contributed by atoms with E-state index in [2.05, 4.69) is 0 Å². The fourth-order valence-electron chi connectivity index (χ4n) is 4.20. The van der Waals surface area contributed by atoms with E-state index in [1.54, 1.807) is 24.3 Å². The van der Waals surface area contributed by atoms with Crippen LogP contribution >= 0.6 is 0 Å². The van der Waals surface area contributed by atoms with Crippen LogP contribution in [-0.2, 0) is 15.1 Å². The number of quaternary nitrogens is 1. The molecule has 2 aromatic rings. The summed E-state index contributed by atoms with van der Waals surface area (Å²) in [5.74, 6) is -0.139. The summed E-state index contributed by atoms with van der Waals surface area (Å²) in [5, 5.41) is 11.4. The first-order chi connectivity index (χ1) is 12.2. The van der Waals surface area contributed by atoms with Crippen molar-refractivity contribution in [2.45, 2.75) is 24.5 Å². The Bertz CT molecular complexity index is 690. The number of hydrogen-bond acceptors (Lipinski definition) is 3. The van der Waals surface area contributed by atoms with Crippen LogP contribution in [-0.4, -0.2) is 36.8 Å². The summed E-state index contributed by atoms with van der Waals surface area (Å²) in [6.07, 6.45) is 2.11. The average molecular weight is 418 g/mol. The van der Waals surface area contributed by atoms with Gasteiger partial charge in [0.1, 0.15) is 6.54 Å². The van der Waals surface area contributed by atoms with Gasteiger partial charge in [-0.25, -0.2) is 4.79 Å². The molecule has 3 heterocycles. The number of aliphatic hydroxyl groups is 1. The molecule has 0 saturated carbocycles. The molecule has 1 unspecified atom stereocenters. The zero-order valence-electron chi connectivity index (χ0n) is 14.6. The first-order valence-corrected chi connectivity index (χ1v) is 9.06. The predicted octanol–water partition coefficient (Wildman–Crippen LogP) is -1.85. The molecule has 0 amide bonds. The molecule has 4 nitrogen and oxygen atoms in total. The first-order valence-electron chi connectivity index (χ1n) is 9.06. The third-order valence-corrected chi connectivity index (χ3v) is 5.69. The number of carbonyl (C=O) groups excluding carboxylic acids is 1. The van der Waals surface area contributed by atoms with E-state index in [1.165, 1.54) is 18.0 Å². The van der Waals surface area contributed by atoms with E-state index in [0.29, 0.717) is 17.0 Å². The second-order valence-corrected chi connectivity index (χ2v) is 7.18. The number of fused-ring (bicyclic) bond motifs is 3. The van der Waals surface area contributed by atoms with E-state index < -0.39 is 11.6 Å². The van der Waals surface area contributed by atoms with Crippen LogP contribution < -0.4 is 21.9 Å². The van der Waals surface area contributed by atoms with Crippen molar-refractivity contribution in [3.05, 3.63) is 71.8 Å². The molecule has 3 aliphatic heterocycles. The van der Waals surface area contributed by atoms with Crippen molar-refractivity contribution in [1.29, 1.82) is 0 Å². The first kappa shape index (κ1) is 19.1. The second kappa shape index (κ2) is 7.91. The Hall–Kier alpha value is -1.69. The minimum Gasteiger partial charge on any atom is -1.00 e. The van der Waals surface area contributed by atoms with Gasteiger partial charge < -0.3 is 31.7 Å². The van der Waals surface area contributed by atoms with Gasteiger partial charge >= 0.3 is 5.97 Å². The number of ether oxygens (including phenoxy) is 1. The standard InChI is InChI=1S/C21H23NO3.BrH/c23-20(25-19-15-22-13-11-16(19)12-14-22)21(24,17-7-3-1-4-8-17)18-9-5-2-6-10-18;/h1-10,16,19,24H,11-15H2;1H. The van der Waals surface area contributed by atoms with Crippen LogP contribution in [0.2, 0.25) is 0 Å². The molecule has 0 aromatic heterocycles. The SMILES string of the molecule is O=C(OC1C[NH+]2CCC1CC2)C(O)(c1ccccc1)c1ccccc1.[Br-]. The Balaban J connectivity index is 0.00000196. The Morgan fingerprint density at radius 1 is 0.962 bits per heavy atom. The van der Waals surface area contributed by atoms with Gasteiger partial charge in [-0.2, -0.15) is 0 Å². The molecule has 5 heteroatoms. The second-order valence-electron chi connectivity index (χ2n) is 7.18. The number of piperidine rings is 3. The third-order valence-electron chi connectivity index (χ3n) is 5.69. The van der Waals surface area contributed by atoms with Crippen LogP contribution in [0.1, 0.15) is 24.0 Å². The molecule has 2 bridgehead atoms. The molecule has 3 saturated heterocycles. The van der Waals surface area contributed by atoms with Crippen LogP contribution in [0.3, 0.4) is 0 Å². The number of nitrogens with one attached hydrogen (secondary N) is 1. The van der Waals surface area contributed by atoms with Crippen LogP contribution in [0.15, 0.2) is 60.7 Å². The van der Waals surface area contributed by atoms with Crippen molar-refractivity contribution >= 4 is 5.97 Å². The highest BCUT2D eigenvalue weighted by Crippen LogP contribution is 2.33. The molecule has 0 radical (unpaired) electrons. The number of hydrogen-bond donors (Lipinski definition) is 2. The maximum absolute atomic E-state index is 13.1. The number of benzene rings is 2. The number of halogens is 1. The molecule has 3 aliphatic rings. The maximum atomic E-state index is 13.1. The quantitative estimate of drug-likeness (QED) is 0.574. The van der Waals surface area contributed by atoms with Crippen molar-refractivity contribution in [1.82, 2.24) is 0 Å². The van der Waals surface area contributed by atoms with E-state index >= 15 is 0 Å². The van der Waals surface area contributed by atoms with Gasteiger partial charge in [0, 0.05) is 18.8 Å². The van der Waals surface area contributed by atoms with E-state index in [4.69, 9.17) is 4.74 Å². The predicted molar refractivity (Wildman–Crippen MR) is 94.1 cm³/mol. The number of carbonyl (C=O) groups is 1. The lowest BCUT2D eigenvalue weighted by Gasteiger charge is -2.42. The van der Waals surface area contributed by atoms with Crippen molar-refractivity contribution < 1.29 is 36.5 Å². The van der Waals surface area contributed by atoms with Crippen molar-refractivity contribution in [3.63, 3.8) is 0 Å². The highest BCUT2D eigenvalue weighted by Gasteiger charge is 2.46. The lowest BCUT2D eigenvalue weighted by atomic mass is 9.84. The van der Waals surface area contributed by atoms with Gasteiger partial charge in [0.15, 0.2) is 6.10 Å². The number of esters is 1. The van der Waals surface area contributed by atoms with Gasteiger partial charge in [0.05, 0.1) is 13.1 Å². The largest absolute Gasteiger partial charge is 1.00 e. The lowest BCUT2D eigenvalue weighted by molar-refractivity contribution is -0.920. The molecule has 2 N–H and O–H groups in total. The molecule has 2 aromatic carbocycles. The van der Waals surface area contributed by atoms with Crippen LogP contribution in [0.4, 0.5) is 0 Å². The van der Waals surface area contributed by atoms with Crippen molar-refractivity contribution in [2.24, 2.45) is 5.92 Å². The Morgan fingerprint density at radius 2 is 1.46 bits per heavy atom. The molecule has 26 heavy (non-hydrogen) atoms. The van der Waals surface area contributed by atoms with Gasteiger partial charge in [-0.1, -0.05) is 60.7 Å². The summed E-state index contributed by atoms with van der Waals surface area (Å²) >= 11 is 0. The zero-order chi connectivity index (χ0) is 17.3. The number of rotatable bonds is 4. The minimum atomic E-state index is -1.77. The molecule has 138 valence electrons. The minimum absolute atomic E-state index is 0. The van der Waals surface area contributed by atoms with E-state index in [0.717, 1.165) is 19.4 Å². The monoisotopic (exact) mass is 417 g/mol. The van der Waals surface area contributed by atoms with Crippen LogP contribution in [0.5, 0.6) is 0 Å². The third kappa shape index (κ3) is 3.43. The smallest absolute Gasteiger partial charge is 0.348 e. The highest BCUT2D eigenvalue weighted by atomic mass is 79.9. The molecule has 1 atom stereocenters. The summed E-state index contributed by atoms with van der Waals surface area (Å²) in [6.45, 7) is 3.19. The molecule has 3 fully saturated rings. The van der Waals surface area contributed by atoms with E-state index in [-0.39, 0.29) is 23.1 Å². The Morgan fingerprint density at radius 3 is 1.88 bits per heavy atom. The summed E-state index contributed by atoms with van der Waals surface area (Å²) < 4.78 is 5.89. The van der Waals surface area contributed by atoms with Gasteiger partial charge in [-0.15, -0.1) is 0 Å². The van der Waals surface area contributed by atoms with Crippen molar-refractivity contribution in [3.8, 4) is 0 Å². The molecule has 5 rings (SSSR count). The van der Waals surface area contributed by atoms with Crippen LogP contribution in [0, 0.1) is 5.92 Å². The summed E-state index contributed by atoms with van der Waals surface area (Å²) in [7, 11) is 0. The molecule has 0 aliphatic carbocycles. The summed E-state index contributed by atoms with van der Waals surface area (Å²) in [4.78, 5) is 14.6. The van der Waals surface area contributed by atoms with E-state index in [1.807, 2.05) is 36.4 Å². The van der Waals surface area contributed by atoms with Gasteiger partial charge in [-0.3, -0.25) is 0 Å². The fraction of sp³-hybridized carbons (Fsp3) is 0.381.